The molecular formula is C19H27N3O4S. The highest BCUT2D eigenvalue weighted by Gasteiger charge is 2.35. The third-order valence-electron chi connectivity index (χ3n) is 5.23. The lowest BCUT2D eigenvalue weighted by Crippen LogP contribution is -2.35. The molecule has 1 N–H and O–H groups in total. The van der Waals surface area contributed by atoms with Gasteiger partial charge in [0, 0.05) is 37.8 Å². The van der Waals surface area contributed by atoms with Crippen molar-refractivity contribution >= 4 is 27.5 Å². The van der Waals surface area contributed by atoms with Crippen LogP contribution < -0.4 is 5.32 Å². The monoisotopic (exact) mass is 393 g/mol. The predicted molar refractivity (Wildman–Crippen MR) is 103 cm³/mol. The third kappa shape index (κ3) is 4.32. The molecule has 0 saturated carbocycles. The smallest absolute Gasteiger partial charge is 0.243 e. The van der Waals surface area contributed by atoms with Crippen LogP contribution in [0.3, 0.4) is 0 Å². The number of amides is 2. The lowest BCUT2D eigenvalue weighted by Gasteiger charge is -2.25. The van der Waals surface area contributed by atoms with Crippen LogP contribution in [-0.4, -0.2) is 55.1 Å². The molecule has 2 fully saturated rings. The van der Waals surface area contributed by atoms with Gasteiger partial charge in [-0.05, 0) is 51.0 Å². The summed E-state index contributed by atoms with van der Waals surface area (Å²) in [6.45, 7) is 5.40. The van der Waals surface area contributed by atoms with Crippen LogP contribution in [0.15, 0.2) is 29.2 Å². The Balaban J connectivity index is 1.64. The minimum atomic E-state index is -3.48. The first-order valence-electron chi connectivity index (χ1n) is 9.49. The molecule has 0 unspecified atom stereocenters. The summed E-state index contributed by atoms with van der Waals surface area (Å²) < 4.78 is 26.8. The highest BCUT2D eigenvalue weighted by Crippen LogP contribution is 2.24. The van der Waals surface area contributed by atoms with Gasteiger partial charge in [0.1, 0.15) is 0 Å². The van der Waals surface area contributed by atoms with Gasteiger partial charge in [-0.3, -0.25) is 9.59 Å². The number of nitrogens with one attached hydrogen (secondary N) is 1. The van der Waals surface area contributed by atoms with E-state index < -0.39 is 10.0 Å². The fourth-order valence-electron chi connectivity index (χ4n) is 3.62. The van der Waals surface area contributed by atoms with Gasteiger partial charge in [0.15, 0.2) is 0 Å². The number of hydrogen-bond donors (Lipinski definition) is 1. The van der Waals surface area contributed by atoms with Gasteiger partial charge in [0.2, 0.25) is 21.8 Å². The second-order valence-electron chi connectivity index (χ2n) is 7.52. The Labute approximate surface area is 160 Å². The molecule has 148 valence electrons. The van der Waals surface area contributed by atoms with Crippen LogP contribution in [0.4, 0.5) is 5.69 Å². The number of likely N-dealkylation sites (tertiary alicyclic amines) is 1. The Morgan fingerprint density at radius 2 is 1.74 bits per heavy atom. The maximum Gasteiger partial charge on any atom is 0.243 e. The second-order valence-corrected chi connectivity index (χ2v) is 9.46. The standard InChI is InChI=1S/C19H27N3O4S/c1-14(2)22-13-15(12-18(22)23)19(24)20-16-6-8-17(9-7-16)27(25,26)21-10-4-3-5-11-21/h6-9,14-15H,3-5,10-13H2,1-2H3,(H,20,24)/t15-/m0/s1. The van der Waals surface area contributed by atoms with Crippen molar-refractivity contribution in [2.24, 2.45) is 5.92 Å². The maximum absolute atomic E-state index is 12.7. The number of rotatable bonds is 5. The number of anilines is 1. The molecule has 1 atom stereocenters. The lowest BCUT2D eigenvalue weighted by atomic mass is 10.1. The van der Waals surface area contributed by atoms with E-state index in [-0.39, 0.29) is 35.1 Å². The Morgan fingerprint density at radius 3 is 2.30 bits per heavy atom. The van der Waals surface area contributed by atoms with Crippen molar-refractivity contribution in [3.8, 4) is 0 Å². The summed E-state index contributed by atoms with van der Waals surface area (Å²) in [6.07, 6.45) is 3.06. The van der Waals surface area contributed by atoms with E-state index in [0.717, 1.165) is 19.3 Å². The zero-order valence-corrected chi connectivity index (χ0v) is 16.7. The SMILES string of the molecule is CC(C)N1C[C@@H](C(=O)Nc2ccc(S(=O)(=O)N3CCCCC3)cc2)CC1=O. The zero-order chi connectivity index (χ0) is 19.6. The van der Waals surface area contributed by atoms with Gasteiger partial charge in [0.05, 0.1) is 10.8 Å². The molecule has 1 aromatic rings. The molecular weight excluding hydrogens is 366 g/mol. The molecule has 0 radical (unpaired) electrons. The van der Waals surface area contributed by atoms with Crippen LogP contribution >= 0.6 is 0 Å². The molecule has 7 nitrogen and oxygen atoms in total. The molecule has 3 rings (SSSR count). The topological polar surface area (TPSA) is 86.8 Å². The summed E-state index contributed by atoms with van der Waals surface area (Å²) in [4.78, 5) is 26.4. The quantitative estimate of drug-likeness (QED) is 0.830. The molecule has 0 aromatic heterocycles. The van der Waals surface area contributed by atoms with Gasteiger partial charge < -0.3 is 10.2 Å². The average molecular weight is 394 g/mol. The van der Waals surface area contributed by atoms with Crippen LogP contribution in [0.5, 0.6) is 0 Å². The van der Waals surface area contributed by atoms with Gasteiger partial charge >= 0.3 is 0 Å². The van der Waals surface area contributed by atoms with Crippen molar-refractivity contribution in [1.29, 1.82) is 0 Å². The molecule has 2 saturated heterocycles. The molecule has 27 heavy (non-hydrogen) atoms. The van der Waals surface area contributed by atoms with Gasteiger partial charge in [-0.1, -0.05) is 6.42 Å². The zero-order valence-electron chi connectivity index (χ0n) is 15.8. The number of piperidine rings is 1. The van der Waals surface area contributed by atoms with E-state index in [9.17, 15) is 18.0 Å². The second kappa shape index (κ2) is 7.98. The van der Waals surface area contributed by atoms with Gasteiger partial charge in [-0.2, -0.15) is 4.31 Å². The molecule has 2 amide bonds. The number of carbonyl (C=O) groups is 2. The number of nitrogens with zero attached hydrogens (tertiary/aromatic N) is 2. The largest absolute Gasteiger partial charge is 0.339 e. The molecule has 0 spiro atoms. The molecule has 8 heteroatoms. The Kier molecular flexibility index (Phi) is 5.86. The highest BCUT2D eigenvalue weighted by molar-refractivity contribution is 7.89. The average Bonchev–Trinajstić information content (AvgIpc) is 3.05. The van der Waals surface area contributed by atoms with Gasteiger partial charge in [0.25, 0.3) is 0 Å². The van der Waals surface area contributed by atoms with Gasteiger partial charge in [-0.15, -0.1) is 0 Å². The number of sulfonamides is 1. The predicted octanol–water partition coefficient (Wildman–Crippen LogP) is 2.06. The summed E-state index contributed by atoms with van der Waals surface area (Å²) in [7, 11) is -3.48. The van der Waals surface area contributed by atoms with Crippen molar-refractivity contribution in [1.82, 2.24) is 9.21 Å². The minimum absolute atomic E-state index is 0.00637. The summed E-state index contributed by atoms with van der Waals surface area (Å²) in [5.41, 5.74) is 0.535. The summed E-state index contributed by atoms with van der Waals surface area (Å²) in [6, 6.07) is 6.34. The molecule has 0 bridgehead atoms. The highest BCUT2D eigenvalue weighted by atomic mass is 32.2. The summed E-state index contributed by atoms with van der Waals surface area (Å²) >= 11 is 0. The maximum atomic E-state index is 12.7. The molecule has 2 aliphatic heterocycles. The van der Waals surface area contributed by atoms with Crippen molar-refractivity contribution in [2.45, 2.75) is 50.5 Å². The van der Waals surface area contributed by atoms with E-state index in [2.05, 4.69) is 5.32 Å². The molecule has 2 heterocycles. The van der Waals surface area contributed by atoms with Crippen LogP contribution in [-0.2, 0) is 19.6 Å². The fourth-order valence-corrected chi connectivity index (χ4v) is 5.13. The summed E-state index contributed by atoms with van der Waals surface area (Å²) in [5, 5.41) is 2.80. The van der Waals surface area contributed by atoms with Crippen LogP contribution in [0, 0.1) is 5.92 Å². The number of benzene rings is 1. The molecule has 2 aliphatic rings. The van der Waals surface area contributed by atoms with Crippen molar-refractivity contribution in [2.75, 3.05) is 25.0 Å². The Hall–Kier alpha value is -1.93. The lowest BCUT2D eigenvalue weighted by molar-refractivity contribution is -0.129. The van der Waals surface area contributed by atoms with Crippen molar-refractivity contribution < 1.29 is 18.0 Å². The van der Waals surface area contributed by atoms with Crippen LogP contribution in [0.25, 0.3) is 0 Å². The van der Waals surface area contributed by atoms with E-state index in [0.29, 0.717) is 25.3 Å². The van der Waals surface area contributed by atoms with E-state index >= 15 is 0 Å². The number of carbonyl (C=O) groups excluding carboxylic acids is 2. The van der Waals surface area contributed by atoms with E-state index in [1.165, 1.54) is 16.4 Å². The Morgan fingerprint density at radius 1 is 1.11 bits per heavy atom. The molecule has 0 aliphatic carbocycles. The first-order chi connectivity index (χ1) is 12.8. The van der Waals surface area contributed by atoms with Crippen LogP contribution in [0.2, 0.25) is 0 Å². The van der Waals surface area contributed by atoms with E-state index in [1.54, 1.807) is 17.0 Å². The molecule has 1 aromatic carbocycles. The summed E-state index contributed by atoms with van der Waals surface area (Å²) in [5.74, 6) is -0.595. The minimum Gasteiger partial charge on any atom is -0.339 e. The first kappa shape index (κ1) is 19.8. The van der Waals surface area contributed by atoms with E-state index in [1.807, 2.05) is 13.8 Å². The van der Waals surface area contributed by atoms with Gasteiger partial charge in [-0.25, -0.2) is 8.42 Å². The first-order valence-corrected chi connectivity index (χ1v) is 10.9. The van der Waals surface area contributed by atoms with Crippen LogP contribution in [0.1, 0.15) is 39.5 Å². The fraction of sp³-hybridized carbons (Fsp3) is 0.579. The Bertz CT molecular complexity index is 799. The van der Waals surface area contributed by atoms with E-state index in [4.69, 9.17) is 0 Å². The number of hydrogen-bond acceptors (Lipinski definition) is 4. The van der Waals surface area contributed by atoms with Crippen molar-refractivity contribution in [3.05, 3.63) is 24.3 Å². The normalized spacial score (nSPS) is 21.7. The van der Waals surface area contributed by atoms with Crippen molar-refractivity contribution in [3.63, 3.8) is 0 Å². The third-order valence-corrected chi connectivity index (χ3v) is 7.14.